The second-order valence-corrected chi connectivity index (χ2v) is 6.58. The second-order valence-electron chi connectivity index (χ2n) is 5.73. The fourth-order valence-corrected chi connectivity index (χ4v) is 3.35. The minimum absolute atomic E-state index is 0.118. The van der Waals surface area contributed by atoms with Crippen LogP contribution >= 0.6 is 24.2 Å². The summed E-state index contributed by atoms with van der Waals surface area (Å²) in [5.74, 6) is -3.31. The summed E-state index contributed by atoms with van der Waals surface area (Å²) in [6.07, 6.45) is 0. The van der Waals surface area contributed by atoms with Crippen molar-refractivity contribution in [1.29, 1.82) is 5.26 Å². The van der Waals surface area contributed by atoms with Gasteiger partial charge in [0.25, 0.3) is 0 Å². The zero-order valence-corrected chi connectivity index (χ0v) is 16.3. The Labute approximate surface area is 168 Å². The monoisotopic (exact) mass is 409 g/mol. The van der Waals surface area contributed by atoms with Gasteiger partial charge in [-0.1, -0.05) is 29.8 Å². The molecule has 144 valence electrons. The molecule has 27 heavy (non-hydrogen) atoms. The molecule has 0 saturated carbocycles. The maximum Gasteiger partial charge on any atom is 0.319 e. The van der Waals surface area contributed by atoms with E-state index in [2.05, 4.69) is 28.0 Å². The molecule has 1 aromatic carbocycles. The van der Waals surface area contributed by atoms with Gasteiger partial charge in [0.05, 0.1) is 37.0 Å². The summed E-state index contributed by atoms with van der Waals surface area (Å²) >= 11 is 10.3. The molecule has 0 radical (unpaired) electrons. The summed E-state index contributed by atoms with van der Waals surface area (Å²) in [6, 6.07) is 8.72. The number of carbonyl (C=O) groups is 2. The largest absolute Gasteiger partial charge is 0.468 e. The fourth-order valence-electron chi connectivity index (χ4n) is 2.80. The number of methoxy groups -OCH3 is 1. The van der Waals surface area contributed by atoms with Gasteiger partial charge in [0.1, 0.15) is 5.92 Å². The van der Waals surface area contributed by atoms with E-state index in [0.717, 1.165) is 26.3 Å². The molecular weight excluding hydrogens is 390 g/mol. The minimum Gasteiger partial charge on any atom is -0.468 e. The molecule has 2 aliphatic rings. The van der Waals surface area contributed by atoms with Crippen molar-refractivity contribution in [3.05, 3.63) is 45.5 Å². The number of nitriles is 1. The number of ether oxygens (including phenoxy) is 2. The van der Waals surface area contributed by atoms with Gasteiger partial charge in [-0.25, -0.2) is 0 Å². The highest BCUT2D eigenvalue weighted by atomic mass is 35.5. The molecule has 2 atom stereocenters. The molecule has 2 unspecified atom stereocenters. The average molecular weight is 410 g/mol. The van der Waals surface area contributed by atoms with E-state index in [9.17, 15) is 14.9 Å². The Bertz CT molecular complexity index is 763. The molecular formula is C18H20ClN3O4S. The Kier molecular flexibility index (Phi) is 8.13. The Hall–Kier alpha value is -2.05. The number of rotatable bonds is 2. The van der Waals surface area contributed by atoms with Crippen molar-refractivity contribution in [2.45, 2.75) is 5.92 Å². The van der Waals surface area contributed by atoms with Gasteiger partial charge in [0, 0.05) is 24.0 Å². The number of carbonyl (C=O) groups excluding carboxylic acids is 2. The van der Waals surface area contributed by atoms with Crippen molar-refractivity contribution in [2.24, 2.45) is 5.92 Å². The van der Waals surface area contributed by atoms with Crippen LogP contribution in [0.4, 0.5) is 0 Å². The minimum atomic E-state index is -1.18. The number of morpholine rings is 1. The third kappa shape index (κ3) is 5.23. The van der Waals surface area contributed by atoms with E-state index in [1.807, 2.05) is 6.07 Å². The van der Waals surface area contributed by atoms with Crippen molar-refractivity contribution >= 4 is 36.1 Å². The molecule has 2 heterocycles. The highest BCUT2D eigenvalue weighted by molar-refractivity contribution is 7.84. The van der Waals surface area contributed by atoms with E-state index in [1.54, 1.807) is 24.3 Å². The lowest BCUT2D eigenvalue weighted by Crippen LogP contribution is -2.43. The zero-order chi connectivity index (χ0) is 19.8. The molecule has 0 spiro atoms. The lowest BCUT2D eigenvalue weighted by atomic mass is 9.78. The number of hydrogen-bond acceptors (Lipinski definition) is 7. The predicted octanol–water partition coefficient (Wildman–Crippen LogP) is 1.61. The number of nitrogens with one attached hydrogen (secondary N) is 2. The number of hydrogen-bond donors (Lipinski definition) is 3. The molecule has 9 heteroatoms. The van der Waals surface area contributed by atoms with Crippen molar-refractivity contribution < 1.29 is 19.1 Å². The topological polar surface area (TPSA) is 100 Å². The summed E-state index contributed by atoms with van der Waals surface area (Å²) in [5.41, 5.74) is 0.675. The van der Waals surface area contributed by atoms with Gasteiger partial charge >= 0.3 is 5.97 Å². The van der Waals surface area contributed by atoms with Crippen LogP contribution in [0.5, 0.6) is 0 Å². The number of esters is 1. The number of halogens is 1. The second kappa shape index (κ2) is 10.3. The molecule has 2 N–H and O–H groups in total. The summed E-state index contributed by atoms with van der Waals surface area (Å²) in [5, 5.41) is 15.4. The maximum absolute atomic E-state index is 12.1. The molecule has 7 nitrogen and oxygen atoms in total. The first-order valence-corrected chi connectivity index (χ1v) is 9.08. The number of amides is 1. The van der Waals surface area contributed by atoms with Gasteiger partial charge in [0.15, 0.2) is 0 Å². The highest BCUT2D eigenvalue weighted by Crippen LogP contribution is 2.40. The van der Waals surface area contributed by atoms with Crippen molar-refractivity contribution in [1.82, 2.24) is 10.6 Å². The summed E-state index contributed by atoms with van der Waals surface area (Å²) < 4.78 is 9.69. The van der Waals surface area contributed by atoms with Crippen LogP contribution in [0.1, 0.15) is 11.5 Å². The van der Waals surface area contributed by atoms with Crippen molar-refractivity contribution in [3.63, 3.8) is 0 Å². The normalized spacial score (nSPS) is 22.1. The molecule has 3 rings (SSSR count). The summed E-state index contributed by atoms with van der Waals surface area (Å²) in [7, 11) is 1.19. The SMILES string of the molecule is C1COCCN1.COC(=O)C1C(=O)NC(S)=C(C#N)C1c1ccccc1Cl. The van der Waals surface area contributed by atoms with E-state index in [4.69, 9.17) is 16.3 Å². The Morgan fingerprint density at radius 2 is 2.04 bits per heavy atom. The molecule has 2 aliphatic heterocycles. The Morgan fingerprint density at radius 3 is 2.52 bits per heavy atom. The van der Waals surface area contributed by atoms with Crippen LogP contribution in [0.3, 0.4) is 0 Å². The van der Waals surface area contributed by atoms with E-state index < -0.39 is 23.7 Å². The van der Waals surface area contributed by atoms with Gasteiger partial charge in [-0.05, 0) is 11.6 Å². The summed E-state index contributed by atoms with van der Waals surface area (Å²) in [6.45, 7) is 3.83. The van der Waals surface area contributed by atoms with Crippen LogP contribution in [0, 0.1) is 17.2 Å². The van der Waals surface area contributed by atoms with Crippen LogP contribution in [-0.4, -0.2) is 45.3 Å². The average Bonchev–Trinajstić information content (AvgIpc) is 2.69. The molecule has 0 bridgehead atoms. The van der Waals surface area contributed by atoms with E-state index >= 15 is 0 Å². The predicted molar refractivity (Wildman–Crippen MR) is 103 cm³/mol. The van der Waals surface area contributed by atoms with Gasteiger partial charge in [-0.2, -0.15) is 5.26 Å². The zero-order valence-electron chi connectivity index (χ0n) is 14.7. The van der Waals surface area contributed by atoms with E-state index in [1.165, 1.54) is 7.11 Å². The molecule has 0 aromatic heterocycles. The number of benzene rings is 1. The van der Waals surface area contributed by atoms with Crippen LogP contribution in [0.15, 0.2) is 34.9 Å². The first kappa shape index (κ1) is 21.3. The first-order chi connectivity index (χ1) is 13.0. The number of thiol groups is 1. The number of nitrogens with zero attached hydrogens (tertiary/aromatic N) is 1. The van der Waals surface area contributed by atoms with Crippen LogP contribution in [0.2, 0.25) is 5.02 Å². The van der Waals surface area contributed by atoms with E-state index in [0.29, 0.717) is 10.6 Å². The number of allylic oxidation sites excluding steroid dienone is 1. The van der Waals surface area contributed by atoms with Gasteiger partial charge < -0.3 is 20.1 Å². The standard InChI is InChI=1S/C14H11ClN2O3S.C4H9NO/c1-20-14(19)11-10(7-4-2-3-5-9(7)15)8(6-16)13(21)17-12(11)18;1-3-6-4-2-5-1/h2-5,10-11,21H,1H3,(H,17,18);5H,1-4H2. The quantitative estimate of drug-likeness (QED) is 0.390. The first-order valence-electron chi connectivity index (χ1n) is 8.26. The Morgan fingerprint density at radius 1 is 1.37 bits per heavy atom. The lowest BCUT2D eigenvalue weighted by Gasteiger charge is -2.30. The fraction of sp³-hybridized carbons (Fsp3) is 0.389. The van der Waals surface area contributed by atoms with Crippen molar-refractivity contribution in [2.75, 3.05) is 33.4 Å². The third-order valence-corrected chi connectivity index (χ3v) is 4.78. The lowest BCUT2D eigenvalue weighted by molar-refractivity contribution is -0.150. The van der Waals surface area contributed by atoms with Crippen LogP contribution in [0.25, 0.3) is 0 Å². The van der Waals surface area contributed by atoms with E-state index in [-0.39, 0.29) is 10.6 Å². The highest BCUT2D eigenvalue weighted by Gasteiger charge is 2.44. The van der Waals surface area contributed by atoms with Gasteiger partial charge in [-0.3, -0.25) is 9.59 Å². The molecule has 1 aromatic rings. The van der Waals surface area contributed by atoms with Crippen molar-refractivity contribution in [3.8, 4) is 6.07 Å². The Balaban J connectivity index is 0.000000369. The summed E-state index contributed by atoms with van der Waals surface area (Å²) in [4.78, 5) is 24.1. The molecule has 0 aliphatic carbocycles. The molecule has 1 fully saturated rings. The van der Waals surface area contributed by atoms with Crippen LogP contribution < -0.4 is 10.6 Å². The van der Waals surface area contributed by atoms with Gasteiger partial charge in [0.2, 0.25) is 5.91 Å². The third-order valence-electron chi connectivity index (χ3n) is 4.09. The molecule has 1 saturated heterocycles. The van der Waals surface area contributed by atoms with Gasteiger partial charge in [-0.15, -0.1) is 12.6 Å². The smallest absolute Gasteiger partial charge is 0.319 e. The van der Waals surface area contributed by atoms with Crippen LogP contribution in [-0.2, 0) is 19.1 Å². The molecule has 1 amide bonds. The maximum atomic E-state index is 12.1.